The van der Waals surface area contributed by atoms with Crippen LogP contribution in [0.2, 0.25) is 10.0 Å². The van der Waals surface area contributed by atoms with Gasteiger partial charge in [-0.2, -0.15) is 0 Å². The predicted molar refractivity (Wildman–Crippen MR) is 91.0 cm³/mol. The third kappa shape index (κ3) is 2.79. The molecule has 0 aliphatic carbocycles. The molecule has 3 nitrogen and oxygen atoms in total. The number of hydrogen-bond acceptors (Lipinski definition) is 3. The van der Waals surface area contributed by atoms with Crippen LogP contribution in [-0.2, 0) is 6.61 Å². The van der Waals surface area contributed by atoms with Gasteiger partial charge in [0, 0.05) is 15.6 Å². The van der Waals surface area contributed by atoms with Gasteiger partial charge in [0.05, 0.1) is 22.2 Å². The van der Waals surface area contributed by atoms with Gasteiger partial charge in [-0.25, -0.2) is 0 Å². The van der Waals surface area contributed by atoms with Crippen molar-refractivity contribution in [3.8, 4) is 22.6 Å². The van der Waals surface area contributed by atoms with Crippen LogP contribution in [0, 0.1) is 0 Å². The van der Waals surface area contributed by atoms with Crippen LogP contribution < -0.4 is 0 Å². The molecule has 0 fully saturated rings. The third-order valence-electron chi connectivity index (χ3n) is 3.26. The summed E-state index contributed by atoms with van der Waals surface area (Å²) in [6.45, 7) is -0.199. The average Bonchev–Trinajstić information content (AvgIpc) is 2.94. The van der Waals surface area contributed by atoms with Crippen molar-refractivity contribution in [1.29, 1.82) is 0 Å². The SMILES string of the molecule is OCc1c(-c2ccccc2Br)noc1-c1ccc(Cl)c(Cl)c1. The van der Waals surface area contributed by atoms with Gasteiger partial charge in [0.1, 0.15) is 5.69 Å². The van der Waals surface area contributed by atoms with Crippen LogP contribution in [0.4, 0.5) is 0 Å². The molecule has 1 N–H and O–H groups in total. The van der Waals surface area contributed by atoms with Gasteiger partial charge in [-0.05, 0) is 24.3 Å². The van der Waals surface area contributed by atoms with E-state index in [1.807, 2.05) is 24.3 Å². The maximum Gasteiger partial charge on any atom is 0.173 e. The van der Waals surface area contributed by atoms with E-state index in [2.05, 4.69) is 21.1 Å². The lowest BCUT2D eigenvalue weighted by Crippen LogP contribution is -1.90. The van der Waals surface area contributed by atoms with Crippen LogP contribution in [0.25, 0.3) is 22.6 Å². The van der Waals surface area contributed by atoms with Crippen molar-refractivity contribution in [2.24, 2.45) is 0 Å². The Morgan fingerprint density at radius 3 is 2.55 bits per heavy atom. The molecule has 0 aliphatic heterocycles. The number of aromatic nitrogens is 1. The van der Waals surface area contributed by atoms with Gasteiger partial charge in [0.2, 0.25) is 0 Å². The minimum Gasteiger partial charge on any atom is -0.391 e. The van der Waals surface area contributed by atoms with Gasteiger partial charge >= 0.3 is 0 Å². The van der Waals surface area contributed by atoms with Gasteiger partial charge in [0.25, 0.3) is 0 Å². The molecule has 0 atom stereocenters. The van der Waals surface area contributed by atoms with Crippen LogP contribution in [0.5, 0.6) is 0 Å². The molecule has 3 rings (SSSR count). The molecule has 1 heterocycles. The molecule has 0 unspecified atom stereocenters. The Morgan fingerprint density at radius 1 is 1.09 bits per heavy atom. The highest BCUT2D eigenvalue weighted by Gasteiger charge is 2.20. The maximum atomic E-state index is 9.75. The summed E-state index contributed by atoms with van der Waals surface area (Å²) in [4.78, 5) is 0. The monoisotopic (exact) mass is 397 g/mol. The minimum absolute atomic E-state index is 0.199. The summed E-state index contributed by atoms with van der Waals surface area (Å²) in [6, 6.07) is 12.8. The zero-order valence-electron chi connectivity index (χ0n) is 11.2. The summed E-state index contributed by atoms with van der Waals surface area (Å²) >= 11 is 15.5. The predicted octanol–water partition coefficient (Wildman–Crippen LogP) is 5.57. The quantitative estimate of drug-likeness (QED) is 0.627. The fourth-order valence-electron chi connectivity index (χ4n) is 2.18. The second-order valence-electron chi connectivity index (χ2n) is 4.61. The van der Waals surface area contributed by atoms with E-state index in [4.69, 9.17) is 27.7 Å². The molecule has 0 bridgehead atoms. The number of aliphatic hydroxyl groups excluding tert-OH is 1. The van der Waals surface area contributed by atoms with Crippen LogP contribution in [-0.4, -0.2) is 10.3 Å². The van der Waals surface area contributed by atoms with E-state index in [0.717, 1.165) is 10.0 Å². The number of rotatable bonds is 3. The molecule has 22 heavy (non-hydrogen) atoms. The number of hydrogen-bond donors (Lipinski definition) is 1. The first-order valence-electron chi connectivity index (χ1n) is 6.41. The average molecular weight is 399 g/mol. The van der Waals surface area contributed by atoms with Crippen LogP contribution >= 0.6 is 39.1 Å². The molecular formula is C16H10BrCl2NO2. The van der Waals surface area contributed by atoms with Crippen LogP contribution in [0.15, 0.2) is 51.5 Å². The number of halogens is 3. The van der Waals surface area contributed by atoms with Crippen LogP contribution in [0.3, 0.4) is 0 Å². The van der Waals surface area contributed by atoms with E-state index in [9.17, 15) is 5.11 Å². The fraction of sp³-hybridized carbons (Fsp3) is 0.0625. The van der Waals surface area contributed by atoms with Gasteiger partial charge in [-0.1, -0.05) is 62.5 Å². The van der Waals surface area contributed by atoms with Crippen molar-refractivity contribution in [2.75, 3.05) is 0 Å². The van der Waals surface area contributed by atoms with Crippen molar-refractivity contribution in [1.82, 2.24) is 5.16 Å². The van der Waals surface area contributed by atoms with Crippen LogP contribution in [0.1, 0.15) is 5.56 Å². The van der Waals surface area contributed by atoms with E-state index in [-0.39, 0.29) is 6.61 Å². The topological polar surface area (TPSA) is 46.3 Å². The Bertz CT molecular complexity index is 833. The molecule has 6 heteroatoms. The lowest BCUT2D eigenvalue weighted by molar-refractivity contribution is 0.281. The molecule has 0 saturated heterocycles. The third-order valence-corrected chi connectivity index (χ3v) is 4.69. The number of benzene rings is 2. The minimum atomic E-state index is -0.199. The summed E-state index contributed by atoms with van der Waals surface area (Å²) in [5, 5.41) is 14.7. The van der Waals surface area contributed by atoms with Crippen molar-refractivity contribution in [3.63, 3.8) is 0 Å². The highest BCUT2D eigenvalue weighted by molar-refractivity contribution is 9.10. The molecular weight excluding hydrogens is 389 g/mol. The van der Waals surface area contributed by atoms with E-state index in [0.29, 0.717) is 32.6 Å². The number of nitrogens with zero attached hydrogens (tertiary/aromatic N) is 1. The lowest BCUT2D eigenvalue weighted by Gasteiger charge is -2.04. The van der Waals surface area contributed by atoms with Crippen molar-refractivity contribution < 1.29 is 9.63 Å². The van der Waals surface area contributed by atoms with Gasteiger partial charge in [-0.3, -0.25) is 0 Å². The zero-order valence-corrected chi connectivity index (χ0v) is 14.3. The Morgan fingerprint density at radius 2 is 1.86 bits per heavy atom. The number of aliphatic hydroxyl groups is 1. The molecule has 2 aromatic carbocycles. The summed E-state index contributed by atoms with van der Waals surface area (Å²) < 4.78 is 6.32. The highest BCUT2D eigenvalue weighted by atomic mass is 79.9. The highest BCUT2D eigenvalue weighted by Crippen LogP contribution is 2.37. The summed E-state index contributed by atoms with van der Waals surface area (Å²) in [5.74, 6) is 0.479. The largest absolute Gasteiger partial charge is 0.391 e. The van der Waals surface area contributed by atoms with E-state index < -0.39 is 0 Å². The Hall–Kier alpha value is -1.33. The standard InChI is InChI=1S/C16H10BrCl2NO2/c17-12-4-2-1-3-10(12)15-11(8-21)16(22-20-15)9-5-6-13(18)14(19)7-9/h1-7,21H,8H2. The summed E-state index contributed by atoms with van der Waals surface area (Å²) in [7, 11) is 0. The van der Waals surface area contributed by atoms with Gasteiger partial charge < -0.3 is 9.63 Å². The molecule has 3 aromatic rings. The lowest BCUT2D eigenvalue weighted by atomic mass is 10.0. The Labute approximate surface area is 145 Å². The molecule has 0 radical (unpaired) electrons. The fourth-order valence-corrected chi connectivity index (χ4v) is 2.96. The zero-order chi connectivity index (χ0) is 15.7. The normalized spacial score (nSPS) is 10.9. The maximum absolute atomic E-state index is 9.75. The van der Waals surface area contributed by atoms with Crippen molar-refractivity contribution in [3.05, 3.63) is 62.5 Å². The second kappa shape index (κ2) is 6.42. The Balaban J connectivity index is 2.15. The molecule has 0 saturated carbocycles. The van der Waals surface area contributed by atoms with Crippen molar-refractivity contribution >= 4 is 39.1 Å². The van der Waals surface area contributed by atoms with Gasteiger partial charge in [-0.15, -0.1) is 0 Å². The smallest absolute Gasteiger partial charge is 0.173 e. The van der Waals surface area contributed by atoms with E-state index in [1.165, 1.54) is 0 Å². The molecule has 0 spiro atoms. The van der Waals surface area contributed by atoms with Gasteiger partial charge in [0.15, 0.2) is 5.76 Å². The second-order valence-corrected chi connectivity index (χ2v) is 6.27. The first kappa shape index (κ1) is 15.6. The molecule has 1 aromatic heterocycles. The molecule has 0 amide bonds. The first-order valence-corrected chi connectivity index (χ1v) is 7.96. The van der Waals surface area contributed by atoms with E-state index >= 15 is 0 Å². The Kier molecular flexibility index (Phi) is 4.54. The first-order chi connectivity index (χ1) is 10.6. The summed E-state index contributed by atoms with van der Waals surface area (Å²) in [6.07, 6.45) is 0. The molecule has 0 aliphatic rings. The van der Waals surface area contributed by atoms with E-state index in [1.54, 1.807) is 18.2 Å². The van der Waals surface area contributed by atoms with Crippen molar-refractivity contribution in [2.45, 2.75) is 6.61 Å². The summed E-state index contributed by atoms with van der Waals surface area (Å²) in [5.41, 5.74) is 2.76. The molecule has 112 valence electrons.